The second-order valence-electron chi connectivity index (χ2n) is 10.8. The lowest BCUT2D eigenvalue weighted by Crippen LogP contribution is -2.31. The number of sulfonamides is 1. The molecule has 3 N–H and O–H groups in total. The summed E-state index contributed by atoms with van der Waals surface area (Å²) in [5, 5.41) is 4.75. The van der Waals surface area contributed by atoms with Gasteiger partial charge in [-0.05, 0) is 69.9 Å². The molecule has 4 aromatic rings. The first kappa shape index (κ1) is 36.8. The third-order valence-corrected chi connectivity index (χ3v) is 8.23. The lowest BCUT2D eigenvalue weighted by molar-refractivity contribution is -0.137. The lowest BCUT2D eigenvalue weighted by Gasteiger charge is -2.15. The molecule has 2 heterocycles. The van der Waals surface area contributed by atoms with Crippen molar-refractivity contribution in [2.75, 3.05) is 51.5 Å². The Balaban J connectivity index is 1.48. The molecule has 0 aliphatic carbocycles. The first-order valence-corrected chi connectivity index (χ1v) is 16.3. The minimum absolute atomic E-state index is 0.0321. The van der Waals surface area contributed by atoms with E-state index in [0.29, 0.717) is 42.3 Å². The van der Waals surface area contributed by atoms with Crippen LogP contribution in [0.2, 0.25) is 0 Å². The standard InChI is InChI=1S/C32H36F3N7O6S/c1-6-47-28-13-22(17-37-30(28)48-19-21-7-9-25(46-5)10-8-21)29-36-18-27(20(2)39-29)41-31(43)40-24-14-23(32(33,34)35)15-26(16-24)49(44,45)38-11-12-42(3)4/h7-10,13-18,38H,6,11-12,19H2,1-5H3,(H2,40,41,43). The first-order valence-electron chi connectivity index (χ1n) is 14.9. The van der Waals surface area contributed by atoms with Crippen LogP contribution in [-0.4, -0.2) is 75.2 Å². The number of benzene rings is 2. The van der Waals surface area contributed by atoms with Gasteiger partial charge >= 0.3 is 12.2 Å². The average Bonchev–Trinajstić information content (AvgIpc) is 3.04. The predicted octanol–water partition coefficient (Wildman–Crippen LogP) is 5.34. The van der Waals surface area contributed by atoms with E-state index in [2.05, 4.69) is 30.3 Å². The van der Waals surface area contributed by atoms with Gasteiger partial charge in [-0.15, -0.1) is 0 Å². The number of carbonyl (C=O) groups excluding carboxylic acids is 1. The summed E-state index contributed by atoms with van der Waals surface area (Å²) >= 11 is 0. The topological polar surface area (TPSA) is 157 Å². The molecule has 0 spiro atoms. The number of hydrogen-bond acceptors (Lipinski definition) is 10. The molecule has 0 radical (unpaired) electrons. The molecule has 0 bridgehead atoms. The Labute approximate surface area is 281 Å². The monoisotopic (exact) mass is 703 g/mol. The zero-order chi connectivity index (χ0) is 35.8. The number of methoxy groups -OCH3 is 1. The Bertz CT molecular complexity index is 1870. The van der Waals surface area contributed by atoms with E-state index in [4.69, 9.17) is 14.2 Å². The number of nitrogens with zero attached hydrogens (tertiary/aromatic N) is 4. The number of aromatic nitrogens is 3. The second kappa shape index (κ2) is 15.9. The van der Waals surface area contributed by atoms with Crippen LogP contribution in [0, 0.1) is 6.92 Å². The Kier molecular flexibility index (Phi) is 12.0. The largest absolute Gasteiger partial charge is 0.497 e. The van der Waals surface area contributed by atoms with Crippen LogP contribution in [0.4, 0.5) is 29.3 Å². The number of nitrogens with one attached hydrogen (secondary N) is 3. The van der Waals surface area contributed by atoms with Gasteiger partial charge in [-0.1, -0.05) is 12.1 Å². The van der Waals surface area contributed by atoms with Gasteiger partial charge in [0.05, 0.1) is 41.8 Å². The minimum Gasteiger partial charge on any atom is -0.497 e. The number of alkyl halides is 3. The number of urea groups is 1. The molecule has 0 unspecified atom stereocenters. The van der Waals surface area contributed by atoms with Crippen LogP contribution in [-0.2, 0) is 22.8 Å². The van der Waals surface area contributed by atoms with Crippen LogP contribution in [0.3, 0.4) is 0 Å². The van der Waals surface area contributed by atoms with Crippen molar-refractivity contribution in [1.82, 2.24) is 24.6 Å². The average molecular weight is 704 g/mol. The highest BCUT2D eigenvalue weighted by Crippen LogP contribution is 2.34. The fourth-order valence-electron chi connectivity index (χ4n) is 4.29. The summed E-state index contributed by atoms with van der Waals surface area (Å²) in [7, 11) is 0.702. The van der Waals surface area contributed by atoms with Crippen molar-refractivity contribution in [3.63, 3.8) is 0 Å². The van der Waals surface area contributed by atoms with E-state index in [1.807, 2.05) is 31.2 Å². The van der Waals surface area contributed by atoms with Gasteiger partial charge in [0.1, 0.15) is 12.4 Å². The summed E-state index contributed by atoms with van der Waals surface area (Å²) in [6.45, 7) is 4.28. The van der Waals surface area contributed by atoms with E-state index in [9.17, 15) is 26.4 Å². The fraction of sp³-hybridized carbons (Fsp3) is 0.312. The van der Waals surface area contributed by atoms with Crippen LogP contribution in [0.15, 0.2) is 65.8 Å². The minimum atomic E-state index is -4.87. The van der Waals surface area contributed by atoms with E-state index in [0.717, 1.165) is 17.4 Å². The third kappa shape index (κ3) is 10.2. The van der Waals surface area contributed by atoms with Crippen LogP contribution in [0.25, 0.3) is 11.4 Å². The molecule has 4 rings (SSSR count). The first-order chi connectivity index (χ1) is 23.2. The van der Waals surface area contributed by atoms with E-state index >= 15 is 0 Å². The SMILES string of the molecule is CCOc1cc(-c2ncc(NC(=O)Nc3cc(C(F)(F)F)cc(S(=O)(=O)NCCN(C)C)c3)c(C)n2)cnc1OCc1ccc(OC)cc1. The number of pyridine rings is 1. The van der Waals surface area contributed by atoms with E-state index in [-0.39, 0.29) is 36.2 Å². The number of likely N-dealkylation sites (N-methyl/N-ethyl adjacent to an activating group) is 1. The van der Waals surface area contributed by atoms with E-state index < -0.39 is 32.7 Å². The second-order valence-corrected chi connectivity index (χ2v) is 12.6. The quantitative estimate of drug-likeness (QED) is 0.157. The normalized spacial score (nSPS) is 11.7. The van der Waals surface area contributed by atoms with Crippen molar-refractivity contribution >= 4 is 27.4 Å². The molecule has 0 aliphatic heterocycles. The van der Waals surface area contributed by atoms with Crippen LogP contribution in [0.1, 0.15) is 23.7 Å². The molecule has 13 nitrogen and oxygen atoms in total. The Morgan fingerprint density at radius 3 is 2.35 bits per heavy atom. The van der Waals surface area contributed by atoms with Crippen LogP contribution < -0.4 is 29.6 Å². The molecule has 17 heteroatoms. The van der Waals surface area contributed by atoms with Gasteiger partial charge in [0.2, 0.25) is 10.0 Å². The van der Waals surface area contributed by atoms with Crippen molar-refractivity contribution in [1.29, 1.82) is 0 Å². The molecule has 2 amide bonds. The van der Waals surface area contributed by atoms with Crippen LogP contribution >= 0.6 is 0 Å². The van der Waals surface area contributed by atoms with Crippen molar-refractivity contribution in [2.24, 2.45) is 0 Å². The fourth-order valence-corrected chi connectivity index (χ4v) is 5.38. The van der Waals surface area contributed by atoms with Gasteiger partial charge in [0, 0.05) is 30.5 Å². The Morgan fingerprint density at radius 2 is 1.71 bits per heavy atom. The molecule has 0 atom stereocenters. The highest BCUT2D eigenvalue weighted by atomic mass is 32.2. The van der Waals surface area contributed by atoms with Crippen LogP contribution in [0.5, 0.6) is 17.4 Å². The van der Waals surface area contributed by atoms with E-state index in [1.165, 1.54) is 12.4 Å². The van der Waals surface area contributed by atoms with Crippen molar-refractivity contribution in [3.05, 3.63) is 77.7 Å². The van der Waals surface area contributed by atoms with Crippen molar-refractivity contribution in [3.8, 4) is 28.8 Å². The molecular weight excluding hydrogens is 667 g/mol. The van der Waals surface area contributed by atoms with Crippen molar-refractivity contribution < 1.29 is 40.6 Å². The number of amides is 2. The van der Waals surface area contributed by atoms with Gasteiger partial charge in [0.15, 0.2) is 11.6 Å². The van der Waals surface area contributed by atoms with Gasteiger partial charge in [-0.25, -0.2) is 32.9 Å². The number of carbonyl (C=O) groups is 1. The van der Waals surface area contributed by atoms with Crippen molar-refractivity contribution in [2.45, 2.75) is 31.5 Å². The molecule has 0 saturated heterocycles. The lowest BCUT2D eigenvalue weighted by atomic mass is 10.2. The molecule has 262 valence electrons. The molecule has 2 aromatic carbocycles. The zero-order valence-electron chi connectivity index (χ0n) is 27.4. The maximum absolute atomic E-state index is 13.6. The number of ether oxygens (including phenoxy) is 3. The zero-order valence-corrected chi connectivity index (χ0v) is 28.2. The molecular formula is C32H36F3N7O6S. The highest BCUT2D eigenvalue weighted by molar-refractivity contribution is 7.89. The smallest absolute Gasteiger partial charge is 0.416 e. The van der Waals surface area contributed by atoms with E-state index in [1.54, 1.807) is 39.1 Å². The van der Waals surface area contributed by atoms with Gasteiger partial charge < -0.3 is 29.7 Å². The summed E-state index contributed by atoms with van der Waals surface area (Å²) in [4.78, 5) is 27.0. The summed E-state index contributed by atoms with van der Waals surface area (Å²) in [5.41, 5.74) is 0.237. The number of anilines is 2. The molecule has 0 aliphatic rings. The molecule has 0 saturated carbocycles. The number of rotatable bonds is 14. The maximum atomic E-state index is 13.6. The molecule has 2 aromatic heterocycles. The Morgan fingerprint density at radius 1 is 0.980 bits per heavy atom. The maximum Gasteiger partial charge on any atom is 0.416 e. The summed E-state index contributed by atoms with van der Waals surface area (Å²) < 4.78 is 85.4. The summed E-state index contributed by atoms with van der Waals surface area (Å²) in [6.07, 6.45) is -2.04. The summed E-state index contributed by atoms with van der Waals surface area (Å²) in [5.74, 6) is 1.61. The third-order valence-electron chi connectivity index (χ3n) is 6.79. The van der Waals surface area contributed by atoms with Gasteiger partial charge in [-0.3, -0.25) is 0 Å². The molecule has 49 heavy (non-hydrogen) atoms. The van der Waals surface area contributed by atoms with Gasteiger partial charge in [0.25, 0.3) is 5.88 Å². The molecule has 0 fully saturated rings. The number of hydrogen-bond donors (Lipinski definition) is 3. The number of halogens is 3. The van der Waals surface area contributed by atoms with Gasteiger partial charge in [-0.2, -0.15) is 13.2 Å². The predicted molar refractivity (Wildman–Crippen MR) is 176 cm³/mol. The highest BCUT2D eigenvalue weighted by Gasteiger charge is 2.33. The number of aryl methyl sites for hydroxylation is 1. The summed E-state index contributed by atoms with van der Waals surface area (Å²) in [6, 6.07) is 10.2. The Hall–Kier alpha value is -5.00.